The third-order valence-corrected chi connectivity index (χ3v) is 5.37. The van der Waals surface area contributed by atoms with Crippen LogP contribution in [-0.2, 0) is 17.6 Å². The Morgan fingerprint density at radius 3 is 2.47 bits per heavy atom. The van der Waals surface area contributed by atoms with E-state index in [1.807, 2.05) is 13.0 Å². The maximum Gasteiger partial charge on any atom is 0.335 e. The molecule has 6 nitrogen and oxygen atoms in total. The molecule has 3 N–H and O–H groups in total. The van der Waals surface area contributed by atoms with Crippen LogP contribution >= 0.6 is 0 Å². The normalized spacial score (nSPS) is 14.2. The summed E-state index contributed by atoms with van der Waals surface area (Å²) in [4.78, 5) is 23.6. The van der Waals surface area contributed by atoms with Crippen LogP contribution in [-0.4, -0.2) is 17.0 Å². The minimum atomic E-state index is -1.01. The largest absolute Gasteiger partial charge is 0.478 e. The lowest BCUT2D eigenvalue weighted by Crippen LogP contribution is -2.29. The number of aromatic carboxylic acids is 1. The van der Waals surface area contributed by atoms with Crippen molar-refractivity contribution in [1.82, 2.24) is 5.32 Å². The van der Waals surface area contributed by atoms with Crippen molar-refractivity contribution in [3.63, 3.8) is 0 Å². The minimum absolute atomic E-state index is 0.0475. The van der Waals surface area contributed by atoms with Crippen molar-refractivity contribution < 1.29 is 14.7 Å². The number of carboxylic acids is 1. The molecular weight excluding hydrogens is 378 g/mol. The Hall–Kier alpha value is -3.59. The molecule has 154 valence electrons. The van der Waals surface area contributed by atoms with E-state index in [9.17, 15) is 14.9 Å². The molecular formula is C24H25N3O3. The highest BCUT2D eigenvalue weighted by Crippen LogP contribution is 2.26. The molecule has 0 radical (unpaired) electrons. The van der Waals surface area contributed by atoms with Crippen LogP contribution in [0.15, 0.2) is 54.2 Å². The summed E-state index contributed by atoms with van der Waals surface area (Å²) < 4.78 is 0. The first-order chi connectivity index (χ1) is 14.5. The van der Waals surface area contributed by atoms with Crippen LogP contribution in [0.2, 0.25) is 0 Å². The fourth-order valence-electron chi connectivity index (χ4n) is 3.64. The third kappa shape index (κ3) is 5.06. The zero-order valence-corrected chi connectivity index (χ0v) is 16.9. The first kappa shape index (κ1) is 21.1. The zero-order chi connectivity index (χ0) is 21.5. The Kier molecular flexibility index (Phi) is 6.87. The predicted molar refractivity (Wildman–Crippen MR) is 115 cm³/mol. The van der Waals surface area contributed by atoms with Crippen molar-refractivity contribution >= 4 is 17.6 Å². The van der Waals surface area contributed by atoms with Gasteiger partial charge in [0.15, 0.2) is 0 Å². The molecule has 0 saturated carbocycles. The van der Waals surface area contributed by atoms with Crippen molar-refractivity contribution in [3.05, 3.63) is 76.5 Å². The van der Waals surface area contributed by atoms with Crippen molar-refractivity contribution in [1.29, 1.82) is 5.26 Å². The number of carboxylic acid groups (broad SMARTS) is 1. The number of nitrogens with zero attached hydrogens (tertiary/aromatic N) is 1. The number of nitrogens with one attached hydrogen (secondary N) is 2. The molecule has 0 fully saturated rings. The summed E-state index contributed by atoms with van der Waals surface area (Å²) in [5.41, 5.74) is 4.51. The number of nitriles is 1. The van der Waals surface area contributed by atoms with Crippen molar-refractivity contribution in [2.24, 2.45) is 0 Å². The Labute approximate surface area is 176 Å². The van der Waals surface area contributed by atoms with E-state index in [-0.39, 0.29) is 17.2 Å². The number of hydrogen-bond donors (Lipinski definition) is 3. The molecule has 0 aromatic heterocycles. The average molecular weight is 403 g/mol. The summed E-state index contributed by atoms with van der Waals surface area (Å²) in [6.45, 7) is 2.00. The van der Waals surface area contributed by atoms with E-state index >= 15 is 0 Å². The molecule has 1 atom stereocenters. The highest BCUT2D eigenvalue weighted by Gasteiger charge is 2.18. The topological polar surface area (TPSA) is 102 Å². The highest BCUT2D eigenvalue weighted by atomic mass is 16.4. The van der Waals surface area contributed by atoms with Gasteiger partial charge in [0.1, 0.15) is 11.6 Å². The Morgan fingerprint density at radius 1 is 1.13 bits per heavy atom. The lowest BCUT2D eigenvalue weighted by Gasteiger charge is -2.21. The third-order valence-electron chi connectivity index (χ3n) is 5.37. The fraction of sp³-hybridized carbons (Fsp3) is 0.292. The Balaban J connectivity index is 1.69. The van der Waals surface area contributed by atoms with E-state index in [4.69, 9.17) is 5.11 Å². The molecule has 0 spiro atoms. The Bertz CT molecular complexity index is 1000. The first-order valence-corrected chi connectivity index (χ1v) is 10.1. The molecule has 0 heterocycles. The van der Waals surface area contributed by atoms with Crippen molar-refractivity contribution in [2.45, 2.75) is 45.1 Å². The van der Waals surface area contributed by atoms with E-state index in [0.29, 0.717) is 12.1 Å². The fourth-order valence-corrected chi connectivity index (χ4v) is 3.64. The smallest absolute Gasteiger partial charge is 0.335 e. The number of aryl methyl sites for hydroxylation is 2. The van der Waals surface area contributed by atoms with Gasteiger partial charge >= 0.3 is 5.97 Å². The summed E-state index contributed by atoms with van der Waals surface area (Å²) in [5, 5.41) is 24.2. The maximum absolute atomic E-state index is 12.7. The van der Waals surface area contributed by atoms with Gasteiger partial charge in [-0.25, -0.2) is 4.79 Å². The van der Waals surface area contributed by atoms with Gasteiger partial charge in [-0.2, -0.15) is 5.26 Å². The number of rotatable bonds is 7. The maximum atomic E-state index is 12.7. The molecule has 1 aliphatic carbocycles. The summed E-state index contributed by atoms with van der Waals surface area (Å²) in [6, 6.07) is 14.2. The molecule has 0 aliphatic heterocycles. The molecule has 1 unspecified atom stereocenters. The van der Waals surface area contributed by atoms with Crippen LogP contribution in [0.1, 0.15) is 59.3 Å². The highest BCUT2D eigenvalue weighted by molar-refractivity contribution is 5.97. The second-order valence-corrected chi connectivity index (χ2v) is 7.37. The van der Waals surface area contributed by atoms with Gasteiger partial charge in [-0.3, -0.25) is 4.79 Å². The second kappa shape index (κ2) is 9.75. The first-order valence-electron chi connectivity index (χ1n) is 10.1. The lowest BCUT2D eigenvalue weighted by molar-refractivity contribution is -0.117. The summed E-state index contributed by atoms with van der Waals surface area (Å²) >= 11 is 0. The number of carbonyl (C=O) groups is 2. The second-order valence-electron chi connectivity index (χ2n) is 7.37. The van der Waals surface area contributed by atoms with E-state index in [1.54, 1.807) is 12.1 Å². The Morgan fingerprint density at radius 2 is 1.83 bits per heavy atom. The predicted octanol–water partition coefficient (Wildman–Crippen LogP) is 4.35. The van der Waals surface area contributed by atoms with Crippen molar-refractivity contribution in [2.75, 3.05) is 5.32 Å². The number of hydrogen-bond acceptors (Lipinski definition) is 4. The number of amides is 1. The summed E-state index contributed by atoms with van der Waals surface area (Å²) in [5.74, 6) is -1.46. The van der Waals surface area contributed by atoms with Gasteiger partial charge in [0.05, 0.1) is 11.6 Å². The molecule has 0 saturated heterocycles. The monoisotopic (exact) mass is 403 g/mol. The zero-order valence-electron chi connectivity index (χ0n) is 16.9. The lowest BCUT2D eigenvalue weighted by atomic mass is 9.88. The van der Waals surface area contributed by atoms with Crippen LogP contribution in [0, 0.1) is 11.3 Å². The number of benzene rings is 2. The van der Waals surface area contributed by atoms with Crippen molar-refractivity contribution in [3.8, 4) is 6.07 Å². The van der Waals surface area contributed by atoms with E-state index in [2.05, 4.69) is 28.8 Å². The van der Waals surface area contributed by atoms with Crippen LogP contribution < -0.4 is 10.6 Å². The quantitative estimate of drug-likeness (QED) is 0.471. The molecule has 2 aromatic rings. The summed E-state index contributed by atoms with van der Waals surface area (Å²) in [7, 11) is 0. The van der Waals surface area contributed by atoms with Gasteiger partial charge in [0.25, 0.3) is 5.91 Å². The molecule has 1 aliphatic rings. The van der Waals surface area contributed by atoms with Crippen LogP contribution in [0.4, 0.5) is 5.69 Å². The van der Waals surface area contributed by atoms with E-state index in [1.165, 1.54) is 42.3 Å². The SMILES string of the molecule is CCC(NC(=O)/C(C#N)=C\Nc1ccc(C(=O)O)cc1)c1ccc2c(c1)CCCC2. The van der Waals surface area contributed by atoms with Crippen LogP contribution in [0.5, 0.6) is 0 Å². The average Bonchev–Trinajstić information content (AvgIpc) is 2.77. The van der Waals surface area contributed by atoms with Gasteiger partial charge < -0.3 is 15.7 Å². The van der Waals surface area contributed by atoms with E-state index in [0.717, 1.165) is 18.4 Å². The number of anilines is 1. The molecule has 0 bridgehead atoms. The number of carbonyl (C=O) groups excluding carboxylic acids is 1. The molecule has 6 heteroatoms. The minimum Gasteiger partial charge on any atom is -0.478 e. The van der Waals surface area contributed by atoms with Crippen LogP contribution in [0.25, 0.3) is 0 Å². The van der Waals surface area contributed by atoms with Gasteiger partial charge in [-0.05, 0) is 73.1 Å². The van der Waals surface area contributed by atoms with E-state index < -0.39 is 11.9 Å². The van der Waals surface area contributed by atoms with Gasteiger partial charge in [-0.1, -0.05) is 25.1 Å². The van der Waals surface area contributed by atoms with Gasteiger partial charge in [0.2, 0.25) is 0 Å². The molecule has 2 aromatic carbocycles. The summed E-state index contributed by atoms with van der Waals surface area (Å²) in [6.07, 6.45) is 6.65. The standard InChI is InChI=1S/C24H25N3O3/c1-2-22(19-8-7-16-5-3-4-6-18(16)13-19)27-23(28)20(14-25)15-26-21-11-9-17(10-12-21)24(29)30/h7-13,15,22,26H,2-6H2,1H3,(H,27,28)(H,29,30)/b20-15-. The number of fused-ring (bicyclic) bond motifs is 1. The molecule has 3 rings (SSSR count). The molecule has 30 heavy (non-hydrogen) atoms. The van der Waals surface area contributed by atoms with Gasteiger partial charge in [-0.15, -0.1) is 0 Å². The molecule has 1 amide bonds. The van der Waals surface area contributed by atoms with Crippen LogP contribution in [0.3, 0.4) is 0 Å². The van der Waals surface area contributed by atoms with Gasteiger partial charge in [0, 0.05) is 11.9 Å².